The van der Waals surface area contributed by atoms with E-state index in [0.717, 1.165) is 0 Å². The quantitative estimate of drug-likeness (QED) is 0.806. The predicted octanol–water partition coefficient (Wildman–Crippen LogP) is 1.96. The highest BCUT2D eigenvalue weighted by Gasteiger charge is 2.36. The Morgan fingerprint density at radius 3 is 1.96 bits per heavy atom. The molecule has 2 amide bonds. The fourth-order valence-corrected chi connectivity index (χ4v) is 1.88. The minimum absolute atomic E-state index is 0.253. The van der Waals surface area contributed by atoms with Crippen molar-refractivity contribution in [3.63, 3.8) is 0 Å². The summed E-state index contributed by atoms with van der Waals surface area (Å²) in [5.74, 6) is -1.30. The minimum atomic E-state index is -1.18. The normalized spacial score (nSPS) is 12.9. The Balaban J connectivity index is 2.95. The van der Waals surface area contributed by atoms with Crippen LogP contribution in [-0.2, 0) is 19.1 Å². The second kappa shape index (κ2) is 7.47. The molecule has 1 atom stereocenters. The molecule has 132 valence electrons. The standard InChI is InChI=1S/C18H26N2O4/c1-17(2,3)15(22)20-18(4,5)16(23)19-13(14(21)24-6)12-10-8-7-9-11-12/h7-11,13H,1-6H3,(H,19,23)(H,20,22)/t13-/m1/s1. The van der Waals surface area contributed by atoms with Crippen LogP contribution in [0.4, 0.5) is 0 Å². The highest BCUT2D eigenvalue weighted by atomic mass is 16.5. The first kappa shape index (κ1) is 19.7. The molecule has 0 aliphatic heterocycles. The van der Waals surface area contributed by atoms with Gasteiger partial charge >= 0.3 is 5.97 Å². The summed E-state index contributed by atoms with van der Waals surface area (Å²) in [6.07, 6.45) is 0. The van der Waals surface area contributed by atoms with Gasteiger partial charge in [-0.1, -0.05) is 51.1 Å². The van der Waals surface area contributed by atoms with Crippen LogP contribution in [0.15, 0.2) is 30.3 Å². The Kier molecular flexibility index (Phi) is 6.12. The first-order valence-electron chi connectivity index (χ1n) is 7.75. The van der Waals surface area contributed by atoms with Crippen LogP contribution in [0.5, 0.6) is 0 Å². The van der Waals surface area contributed by atoms with E-state index in [1.54, 1.807) is 58.9 Å². The van der Waals surface area contributed by atoms with Crippen molar-refractivity contribution in [2.75, 3.05) is 7.11 Å². The molecule has 0 aliphatic rings. The van der Waals surface area contributed by atoms with E-state index in [-0.39, 0.29) is 5.91 Å². The lowest BCUT2D eigenvalue weighted by Gasteiger charge is -2.30. The van der Waals surface area contributed by atoms with Crippen molar-refractivity contribution < 1.29 is 19.1 Å². The third-order valence-electron chi connectivity index (χ3n) is 3.52. The zero-order chi connectivity index (χ0) is 18.5. The number of benzene rings is 1. The van der Waals surface area contributed by atoms with E-state index in [4.69, 9.17) is 4.74 Å². The highest BCUT2D eigenvalue weighted by molar-refractivity contribution is 5.94. The lowest BCUT2D eigenvalue weighted by molar-refractivity contribution is -0.146. The van der Waals surface area contributed by atoms with Crippen LogP contribution in [0.1, 0.15) is 46.2 Å². The molecule has 0 aromatic heterocycles. The highest BCUT2D eigenvalue weighted by Crippen LogP contribution is 2.18. The summed E-state index contributed by atoms with van der Waals surface area (Å²) in [4.78, 5) is 36.8. The molecule has 1 aromatic carbocycles. The van der Waals surface area contributed by atoms with Crippen LogP contribution in [0.3, 0.4) is 0 Å². The number of carbonyl (C=O) groups excluding carboxylic acids is 3. The van der Waals surface area contributed by atoms with E-state index in [2.05, 4.69) is 10.6 Å². The molecule has 0 aliphatic carbocycles. The van der Waals surface area contributed by atoms with E-state index >= 15 is 0 Å². The van der Waals surface area contributed by atoms with Crippen molar-refractivity contribution in [1.82, 2.24) is 10.6 Å². The Morgan fingerprint density at radius 1 is 0.958 bits per heavy atom. The maximum atomic E-state index is 12.6. The van der Waals surface area contributed by atoms with E-state index in [0.29, 0.717) is 5.56 Å². The number of rotatable bonds is 5. The molecule has 6 heteroatoms. The third-order valence-corrected chi connectivity index (χ3v) is 3.52. The van der Waals surface area contributed by atoms with Crippen molar-refractivity contribution in [1.29, 1.82) is 0 Å². The summed E-state index contributed by atoms with van der Waals surface area (Å²) in [6, 6.07) is 7.86. The lowest BCUT2D eigenvalue weighted by Crippen LogP contribution is -2.58. The monoisotopic (exact) mass is 334 g/mol. The number of nitrogens with one attached hydrogen (secondary N) is 2. The van der Waals surface area contributed by atoms with E-state index in [1.165, 1.54) is 7.11 Å². The molecule has 0 bridgehead atoms. The first-order chi connectivity index (χ1) is 11.0. The summed E-state index contributed by atoms with van der Waals surface area (Å²) < 4.78 is 4.77. The summed E-state index contributed by atoms with van der Waals surface area (Å²) in [7, 11) is 1.26. The van der Waals surface area contributed by atoms with Crippen LogP contribution in [0.2, 0.25) is 0 Å². The maximum absolute atomic E-state index is 12.6. The van der Waals surface area contributed by atoms with Crippen LogP contribution >= 0.6 is 0 Å². The number of hydrogen-bond acceptors (Lipinski definition) is 4. The fourth-order valence-electron chi connectivity index (χ4n) is 1.88. The van der Waals surface area contributed by atoms with Crippen LogP contribution in [0, 0.1) is 5.41 Å². The van der Waals surface area contributed by atoms with Crippen molar-refractivity contribution in [3.8, 4) is 0 Å². The van der Waals surface area contributed by atoms with Crippen molar-refractivity contribution in [2.45, 2.75) is 46.2 Å². The molecule has 0 saturated carbocycles. The SMILES string of the molecule is COC(=O)[C@H](NC(=O)C(C)(C)NC(=O)C(C)(C)C)c1ccccc1. The Bertz CT molecular complexity index is 603. The summed E-state index contributed by atoms with van der Waals surface area (Å²) >= 11 is 0. The molecular weight excluding hydrogens is 308 g/mol. The minimum Gasteiger partial charge on any atom is -0.467 e. The van der Waals surface area contributed by atoms with Gasteiger partial charge in [0.1, 0.15) is 5.54 Å². The first-order valence-corrected chi connectivity index (χ1v) is 7.75. The molecule has 1 aromatic rings. The summed E-state index contributed by atoms with van der Waals surface area (Å²) in [6.45, 7) is 8.46. The van der Waals surface area contributed by atoms with Gasteiger partial charge in [0.05, 0.1) is 7.11 Å². The Morgan fingerprint density at radius 2 is 1.50 bits per heavy atom. The van der Waals surface area contributed by atoms with Gasteiger partial charge in [-0.3, -0.25) is 9.59 Å². The van der Waals surface area contributed by atoms with E-state index < -0.39 is 28.9 Å². The molecule has 0 spiro atoms. The number of methoxy groups -OCH3 is 1. The second-order valence-corrected chi connectivity index (χ2v) is 7.17. The van der Waals surface area contributed by atoms with E-state index in [9.17, 15) is 14.4 Å². The van der Waals surface area contributed by atoms with E-state index in [1.807, 2.05) is 6.07 Å². The molecule has 0 fully saturated rings. The Hall–Kier alpha value is -2.37. The number of ether oxygens (including phenoxy) is 1. The average molecular weight is 334 g/mol. The molecular formula is C18H26N2O4. The third kappa shape index (κ3) is 5.08. The van der Waals surface area contributed by atoms with Gasteiger partial charge in [-0.25, -0.2) is 4.79 Å². The summed E-state index contributed by atoms with van der Waals surface area (Å²) in [5.41, 5.74) is -1.19. The van der Waals surface area contributed by atoms with Gasteiger partial charge in [-0.2, -0.15) is 0 Å². The van der Waals surface area contributed by atoms with Gasteiger partial charge in [0.15, 0.2) is 6.04 Å². The zero-order valence-electron chi connectivity index (χ0n) is 15.1. The lowest BCUT2D eigenvalue weighted by atomic mass is 9.93. The van der Waals surface area contributed by atoms with Crippen LogP contribution in [-0.4, -0.2) is 30.4 Å². The molecule has 24 heavy (non-hydrogen) atoms. The number of amides is 2. The molecule has 1 rings (SSSR count). The molecule has 6 nitrogen and oxygen atoms in total. The zero-order valence-corrected chi connectivity index (χ0v) is 15.1. The number of carbonyl (C=O) groups is 3. The smallest absolute Gasteiger partial charge is 0.333 e. The molecule has 0 heterocycles. The van der Waals surface area contributed by atoms with Crippen molar-refractivity contribution in [2.24, 2.45) is 5.41 Å². The van der Waals surface area contributed by atoms with Crippen molar-refractivity contribution >= 4 is 17.8 Å². The van der Waals surface area contributed by atoms with Gasteiger partial charge < -0.3 is 15.4 Å². The topological polar surface area (TPSA) is 84.5 Å². The van der Waals surface area contributed by atoms with Gasteiger partial charge in [0.25, 0.3) is 0 Å². The van der Waals surface area contributed by atoms with Crippen LogP contribution < -0.4 is 10.6 Å². The predicted molar refractivity (Wildman–Crippen MR) is 91.0 cm³/mol. The molecule has 0 unspecified atom stereocenters. The number of esters is 1. The second-order valence-electron chi connectivity index (χ2n) is 7.17. The maximum Gasteiger partial charge on any atom is 0.333 e. The largest absolute Gasteiger partial charge is 0.467 e. The summed E-state index contributed by atoms with van der Waals surface area (Å²) in [5, 5.41) is 5.36. The van der Waals surface area contributed by atoms with Gasteiger partial charge in [-0.15, -0.1) is 0 Å². The number of hydrogen-bond donors (Lipinski definition) is 2. The van der Waals surface area contributed by atoms with Crippen molar-refractivity contribution in [3.05, 3.63) is 35.9 Å². The fraction of sp³-hybridized carbons (Fsp3) is 0.500. The average Bonchev–Trinajstić information content (AvgIpc) is 2.51. The Labute approximate surface area is 143 Å². The molecule has 0 radical (unpaired) electrons. The molecule has 2 N–H and O–H groups in total. The van der Waals surface area contributed by atoms with Gasteiger partial charge in [0, 0.05) is 5.41 Å². The van der Waals surface area contributed by atoms with Gasteiger partial charge in [-0.05, 0) is 19.4 Å². The van der Waals surface area contributed by atoms with Gasteiger partial charge in [0.2, 0.25) is 11.8 Å². The molecule has 0 saturated heterocycles. The van der Waals surface area contributed by atoms with Crippen LogP contribution in [0.25, 0.3) is 0 Å².